The van der Waals surface area contributed by atoms with E-state index in [2.05, 4.69) is 338 Å². The molecule has 0 unspecified atom stereocenters. The highest BCUT2D eigenvalue weighted by atomic mass is 15.2. The lowest BCUT2D eigenvalue weighted by Gasteiger charge is -2.34. The zero-order chi connectivity index (χ0) is 52.9. The summed E-state index contributed by atoms with van der Waals surface area (Å²) in [4.78, 5) is 7.28. The Morgan fingerprint density at radius 2 is 0.582 bits per heavy atom. The van der Waals surface area contributed by atoms with Gasteiger partial charge in [-0.25, -0.2) is 0 Å². The van der Waals surface area contributed by atoms with Crippen LogP contribution < -0.4 is 14.7 Å². The molecule has 376 valence electrons. The largest absolute Gasteiger partial charge is 0.310 e. The molecule has 0 saturated carbocycles. The van der Waals surface area contributed by atoms with Gasteiger partial charge in [-0.2, -0.15) is 0 Å². The summed E-state index contributed by atoms with van der Waals surface area (Å²) in [5.41, 5.74) is 23.8. The molecule has 0 spiro atoms. The summed E-state index contributed by atoms with van der Waals surface area (Å²) in [5.74, 6) is 0. The minimum absolute atomic E-state index is 0.179. The van der Waals surface area contributed by atoms with Crippen LogP contribution in [0.15, 0.2) is 309 Å². The van der Waals surface area contributed by atoms with E-state index in [-0.39, 0.29) is 5.41 Å². The van der Waals surface area contributed by atoms with Gasteiger partial charge in [-0.1, -0.05) is 226 Å². The standard InChI is InChI=1S/C76H57N3/c1-75(2)71-42-23-21-40-67(71)69-46-44-64(53-74(69)75)78(60-36-19-8-20-37-60)65-48-55(54-26-9-3-10-27-54)49-66(51-65)79(62-39-25-38-61(50-62)77(58-32-15-6-16-33-58)59-34-17-7-18-35-59)63-45-47-73-70(52-63)68-41-22-24-43-72(68)76(73,56-28-11-4-12-29-56)57-30-13-5-14-31-57/h3-53H,1-2H3. The van der Waals surface area contributed by atoms with Crippen molar-refractivity contribution >= 4 is 51.2 Å². The van der Waals surface area contributed by atoms with Crippen LogP contribution in [-0.4, -0.2) is 0 Å². The molecule has 0 bridgehead atoms. The zero-order valence-corrected chi connectivity index (χ0v) is 44.3. The second kappa shape index (κ2) is 19.6. The Balaban J connectivity index is 1.03. The molecule has 3 heteroatoms. The molecule has 0 aromatic heterocycles. The Morgan fingerprint density at radius 3 is 1.14 bits per heavy atom. The summed E-state index contributed by atoms with van der Waals surface area (Å²) in [6.45, 7) is 4.73. The molecule has 0 saturated heterocycles. The van der Waals surface area contributed by atoms with E-state index in [1.165, 1.54) is 55.6 Å². The second-order valence-electron chi connectivity index (χ2n) is 21.3. The maximum absolute atomic E-state index is 2.48. The maximum Gasteiger partial charge on any atom is 0.0713 e. The van der Waals surface area contributed by atoms with Crippen molar-refractivity contribution in [1.82, 2.24) is 0 Å². The van der Waals surface area contributed by atoms with Crippen molar-refractivity contribution in [1.29, 1.82) is 0 Å². The van der Waals surface area contributed by atoms with Gasteiger partial charge in [-0.15, -0.1) is 0 Å². The van der Waals surface area contributed by atoms with Gasteiger partial charge in [0.25, 0.3) is 0 Å². The quantitative estimate of drug-likeness (QED) is 0.121. The molecule has 0 amide bonds. The highest BCUT2D eigenvalue weighted by molar-refractivity contribution is 5.94. The summed E-state index contributed by atoms with van der Waals surface area (Å²) in [6.07, 6.45) is 0. The Morgan fingerprint density at radius 1 is 0.215 bits per heavy atom. The monoisotopic (exact) mass is 1010 g/mol. The van der Waals surface area contributed by atoms with Gasteiger partial charge in [0.1, 0.15) is 0 Å². The molecule has 12 aromatic carbocycles. The number of fused-ring (bicyclic) bond motifs is 6. The molecule has 0 radical (unpaired) electrons. The van der Waals surface area contributed by atoms with E-state index in [1.807, 2.05) is 0 Å². The number of rotatable bonds is 12. The van der Waals surface area contributed by atoms with Crippen molar-refractivity contribution in [2.24, 2.45) is 0 Å². The van der Waals surface area contributed by atoms with Crippen LogP contribution in [0.2, 0.25) is 0 Å². The van der Waals surface area contributed by atoms with Crippen LogP contribution in [-0.2, 0) is 10.8 Å². The molecule has 79 heavy (non-hydrogen) atoms. The lowest BCUT2D eigenvalue weighted by atomic mass is 9.68. The minimum atomic E-state index is -0.536. The Hall–Kier alpha value is -9.96. The first-order chi connectivity index (χ1) is 38.9. The van der Waals surface area contributed by atoms with Gasteiger partial charge in [0.05, 0.1) is 5.41 Å². The normalized spacial score (nSPS) is 13.1. The fourth-order valence-corrected chi connectivity index (χ4v) is 12.9. The third kappa shape index (κ3) is 8.05. The van der Waals surface area contributed by atoms with E-state index in [0.29, 0.717) is 0 Å². The van der Waals surface area contributed by atoms with Crippen LogP contribution in [0.25, 0.3) is 33.4 Å². The minimum Gasteiger partial charge on any atom is -0.310 e. The third-order valence-electron chi connectivity index (χ3n) is 16.4. The van der Waals surface area contributed by atoms with Crippen LogP contribution >= 0.6 is 0 Å². The molecular formula is C76H57N3. The maximum atomic E-state index is 2.48. The summed E-state index contributed by atoms with van der Waals surface area (Å²) in [6, 6.07) is 114. The topological polar surface area (TPSA) is 9.72 Å². The molecule has 0 heterocycles. The van der Waals surface area contributed by atoms with E-state index < -0.39 is 5.41 Å². The molecule has 14 rings (SSSR count). The van der Waals surface area contributed by atoms with Crippen molar-refractivity contribution in [3.05, 3.63) is 343 Å². The third-order valence-corrected chi connectivity index (χ3v) is 16.4. The molecule has 3 nitrogen and oxygen atoms in total. The van der Waals surface area contributed by atoms with Crippen molar-refractivity contribution in [2.75, 3.05) is 14.7 Å². The van der Waals surface area contributed by atoms with Crippen LogP contribution in [0.5, 0.6) is 0 Å². The van der Waals surface area contributed by atoms with Crippen LogP contribution in [0, 0.1) is 0 Å². The average Bonchev–Trinajstić information content (AvgIpc) is 3.94. The van der Waals surface area contributed by atoms with Gasteiger partial charge in [0.15, 0.2) is 0 Å². The van der Waals surface area contributed by atoms with E-state index in [9.17, 15) is 0 Å². The summed E-state index contributed by atoms with van der Waals surface area (Å²) >= 11 is 0. The number of hydrogen-bond acceptors (Lipinski definition) is 3. The highest BCUT2D eigenvalue weighted by Gasteiger charge is 2.46. The molecule has 0 fully saturated rings. The molecule has 0 aliphatic heterocycles. The van der Waals surface area contributed by atoms with Gasteiger partial charge in [0.2, 0.25) is 0 Å². The highest BCUT2D eigenvalue weighted by Crippen LogP contribution is 2.58. The van der Waals surface area contributed by atoms with Crippen molar-refractivity contribution in [2.45, 2.75) is 24.7 Å². The SMILES string of the molecule is CC1(C)c2ccccc2-c2ccc(N(c3ccccc3)c3cc(-c4ccccc4)cc(N(c4cccc(N(c5ccccc5)c5ccccc5)c4)c4ccc5c(c4)-c4ccccc4C5(c4ccccc4)c4ccccc4)c3)cc21. The van der Waals surface area contributed by atoms with E-state index in [0.717, 1.165) is 62.3 Å². The smallest absolute Gasteiger partial charge is 0.0713 e. The van der Waals surface area contributed by atoms with Gasteiger partial charge >= 0.3 is 0 Å². The average molecular weight is 1010 g/mol. The first kappa shape index (κ1) is 47.5. The predicted octanol–water partition coefficient (Wildman–Crippen LogP) is 20.4. The Bertz CT molecular complexity index is 4080. The van der Waals surface area contributed by atoms with Crippen LogP contribution in [0.3, 0.4) is 0 Å². The summed E-state index contributed by atoms with van der Waals surface area (Å²) < 4.78 is 0. The van der Waals surface area contributed by atoms with Gasteiger partial charge in [-0.05, 0) is 164 Å². The molecule has 12 aromatic rings. The zero-order valence-electron chi connectivity index (χ0n) is 44.3. The predicted molar refractivity (Wildman–Crippen MR) is 331 cm³/mol. The lowest BCUT2D eigenvalue weighted by Crippen LogP contribution is -2.28. The second-order valence-corrected chi connectivity index (χ2v) is 21.3. The Labute approximate surface area is 464 Å². The van der Waals surface area contributed by atoms with Crippen molar-refractivity contribution < 1.29 is 0 Å². The molecule has 2 aliphatic rings. The van der Waals surface area contributed by atoms with Crippen LogP contribution in [0.1, 0.15) is 47.2 Å². The first-order valence-electron chi connectivity index (χ1n) is 27.4. The van der Waals surface area contributed by atoms with E-state index in [1.54, 1.807) is 0 Å². The molecule has 2 aliphatic carbocycles. The number of benzene rings is 12. The number of hydrogen-bond donors (Lipinski definition) is 0. The van der Waals surface area contributed by atoms with Gasteiger partial charge < -0.3 is 14.7 Å². The van der Waals surface area contributed by atoms with Crippen LogP contribution in [0.4, 0.5) is 51.2 Å². The molecule has 0 N–H and O–H groups in total. The Kier molecular flexibility index (Phi) is 11.8. The van der Waals surface area contributed by atoms with E-state index in [4.69, 9.17) is 0 Å². The number of anilines is 9. The van der Waals surface area contributed by atoms with E-state index >= 15 is 0 Å². The van der Waals surface area contributed by atoms with Crippen molar-refractivity contribution in [3.8, 4) is 33.4 Å². The molecular weight excluding hydrogens is 955 g/mol. The molecule has 0 atom stereocenters. The number of para-hydroxylation sites is 3. The van der Waals surface area contributed by atoms with Gasteiger partial charge in [0, 0.05) is 56.6 Å². The first-order valence-corrected chi connectivity index (χ1v) is 27.4. The number of nitrogens with zero attached hydrogens (tertiary/aromatic N) is 3. The van der Waals surface area contributed by atoms with Crippen molar-refractivity contribution in [3.63, 3.8) is 0 Å². The fourth-order valence-electron chi connectivity index (χ4n) is 12.9. The lowest BCUT2D eigenvalue weighted by molar-refractivity contribution is 0.660. The summed E-state index contributed by atoms with van der Waals surface area (Å²) in [5, 5.41) is 0. The summed E-state index contributed by atoms with van der Waals surface area (Å²) in [7, 11) is 0. The fraction of sp³-hybridized carbons (Fsp3) is 0.0526. The van der Waals surface area contributed by atoms with Gasteiger partial charge in [-0.3, -0.25) is 0 Å².